The van der Waals surface area contributed by atoms with Gasteiger partial charge in [-0.05, 0) is 48.4 Å². The largest absolute Gasteiger partial charge is 0.317 e. The van der Waals surface area contributed by atoms with E-state index < -0.39 is 0 Å². The van der Waals surface area contributed by atoms with E-state index in [2.05, 4.69) is 66.1 Å². The van der Waals surface area contributed by atoms with Crippen molar-refractivity contribution in [2.75, 3.05) is 0 Å². The smallest absolute Gasteiger partial charge is 0.134 e. The molecule has 0 bridgehead atoms. The second-order valence-corrected chi connectivity index (χ2v) is 6.74. The maximum Gasteiger partial charge on any atom is 0.134 e. The SMILES string of the molecule is C[C@H](c1ccccc1)n1c(/C=C/c2ccc(Cl)cc2)nc2ccccc21. The Labute approximate surface area is 158 Å². The van der Waals surface area contributed by atoms with E-state index in [0.717, 1.165) is 27.4 Å². The van der Waals surface area contributed by atoms with Gasteiger partial charge < -0.3 is 4.57 Å². The van der Waals surface area contributed by atoms with E-state index >= 15 is 0 Å². The average molecular weight is 359 g/mol. The van der Waals surface area contributed by atoms with E-state index in [1.54, 1.807) is 0 Å². The van der Waals surface area contributed by atoms with Gasteiger partial charge in [-0.25, -0.2) is 4.98 Å². The number of hydrogen-bond donors (Lipinski definition) is 0. The van der Waals surface area contributed by atoms with Crippen LogP contribution >= 0.6 is 11.6 Å². The van der Waals surface area contributed by atoms with E-state index in [1.165, 1.54) is 5.56 Å². The van der Waals surface area contributed by atoms with Gasteiger partial charge in [0.25, 0.3) is 0 Å². The summed E-state index contributed by atoms with van der Waals surface area (Å²) in [7, 11) is 0. The molecule has 26 heavy (non-hydrogen) atoms. The summed E-state index contributed by atoms with van der Waals surface area (Å²) in [5.41, 5.74) is 4.50. The molecule has 4 rings (SSSR count). The molecule has 1 heterocycles. The number of halogens is 1. The molecular weight excluding hydrogens is 340 g/mol. The van der Waals surface area contributed by atoms with Crippen LogP contribution in [0.5, 0.6) is 0 Å². The van der Waals surface area contributed by atoms with Crippen molar-refractivity contribution < 1.29 is 0 Å². The molecule has 0 saturated heterocycles. The monoisotopic (exact) mass is 358 g/mol. The minimum absolute atomic E-state index is 0.188. The first-order valence-corrected chi connectivity index (χ1v) is 9.06. The van der Waals surface area contributed by atoms with Crippen LogP contribution in [0.15, 0.2) is 78.9 Å². The summed E-state index contributed by atoms with van der Waals surface area (Å²) in [6, 6.07) is 26.8. The molecule has 128 valence electrons. The summed E-state index contributed by atoms with van der Waals surface area (Å²) >= 11 is 5.98. The Bertz CT molecular complexity index is 1050. The van der Waals surface area contributed by atoms with E-state index in [4.69, 9.17) is 16.6 Å². The molecule has 0 fully saturated rings. The summed E-state index contributed by atoms with van der Waals surface area (Å²) in [6.45, 7) is 2.21. The van der Waals surface area contributed by atoms with Crippen molar-refractivity contribution in [3.63, 3.8) is 0 Å². The van der Waals surface area contributed by atoms with Crippen molar-refractivity contribution >= 4 is 34.8 Å². The molecule has 0 spiro atoms. The summed E-state index contributed by atoms with van der Waals surface area (Å²) in [5.74, 6) is 0.942. The van der Waals surface area contributed by atoms with E-state index in [9.17, 15) is 0 Å². The fraction of sp³-hybridized carbons (Fsp3) is 0.0870. The zero-order chi connectivity index (χ0) is 17.9. The Kier molecular flexibility index (Phi) is 4.59. The summed E-state index contributed by atoms with van der Waals surface area (Å²) in [5, 5.41) is 0.743. The summed E-state index contributed by atoms with van der Waals surface area (Å²) < 4.78 is 2.29. The number of nitrogens with zero attached hydrogens (tertiary/aromatic N) is 2. The van der Waals surface area contributed by atoms with Gasteiger partial charge in [0.15, 0.2) is 0 Å². The maximum absolute atomic E-state index is 5.98. The number of rotatable bonds is 4. The van der Waals surface area contributed by atoms with Gasteiger partial charge in [-0.15, -0.1) is 0 Å². The van der Waals surface area contributed by atoms with E-state index in [-0.39, 0.29) is 6.04 Å². The minimum Gasteiger partial charge on any atom is -0.317 e. The third-order valence-corrected chi connectivity index (χ3v) is 4.84. The van der Waals surface area contributed by atoms with Crippen LogP contribution in [0.1, 0.15) is 29.9 Å². The Morgan fingerprint density at radius 2 is 1.54 bits per heavy atom. The van der Waals surface area contributed by atoms with Crippen LogP contribution in [0.2, 0.25) is 5.02 Å². The molecule has 1 aromatic heterocycles. The molecule has 0 radical (unpaired) electrons. The van der Waals surface area contributed by atoms with E-state index in [0.29, 0.717) is 0 Å². The average Bonchev–Trinajstić information content (AvgIpc) is 3.06. The third-order valence-electron chi connectivity index (χ3n) is 4.59. The fourth-order valence-corrected chi connectivity index (χ4v) is 3.34. The molecule has 0 aliphatic carbocycles. The molecular formula is C23H19ClN2. The van der Waals surface area contributed by atoms with Crippen LogP contribution in [-0.2, 0) is 0 Å². The van der Waals surface area contributed by atoms with Gasteiger partial charge in [-0.3, -0.25) is 0 Å². The van der Waals surface area contributed by atoms with Crippen LogP contribution in [0.25, 0.3) is 23.2 Å². The number of hydrogen-bond acceptors (Lipinski definition) is 1. The second-order valence-electron chi connectivity index (χ2n) is 6.30. The quantitative estimate of drug-likeness (QED) is 0.408. The number of fused-ring (bicyclic) bond motifs is 1. The van der Waals surface area contributed by atoms with Crippen LogP contribution in [0.4, 0.5) is 0 Å². The van der Waals surface area contributed by atoms with Crippen molar-refractivity contribution in [1.82, 2.24) is 9.55 Å². The van der Waals surface area contributed by atoms with Gasteiger partial charge >= 0.3 is 0 Å². The lowest BCUT2D eigenvalue weighted by atomic mass is 10.1. The van der Waals surface area contributed by atoms with Gasteiger partial charge in [0.2, 0.25) is 0 Å². The van der Waals surface area contributed by atoms with Gasteiger partial charge in [0.05, 0.1) is 17.1 Å². The van der Waals surface area contributed by atoms with Crippen molar-refractivity contribution in [2.24, 2.45) is 0 Å². The Hall–Kier alpha value is -2.84. The fourth-order valence-electron chi connectivity index (χ4n) is 3.21. The molecule has 1 atom stereocenters. The number of benzene rings is 3. The van der Waals surface area contributed by atoms with Crippen molar-refractivity contribution in [3.05, 3.63) is 101 Å². The van der Waals surface area contributed by atoms with Crippen molar-refractivity contribution in [2.45, 2.75) is 13.0 Å². The first kappa shape index (κ1) is 16.6. The molecule has 0 aliphatic rings. The highest BCUT2D eigenvalue weighted by Gasteiger charge is 2.15. The highest BCUT2D eigenvalue weighted by Crippen LogP contribution is 2.27. The van der Waals surface area contributed by atoms with Crippen molar-refractivity contribution in [1.29, 1.82) is 0 Å². The van der Waals surface area contributed by atoms with Crippen LogP contribution in [0.3, 0.4) is 0 Å². The van der Waals surface area contributed by atoms with E-state index in [1.807, 2.05) is 36.4 Å². The van der Waals surface area contributed by atoms with Crippen LogP contribution < -0.4 is 0 Å². The predicted octanol–water partition coefficient (Wildman–Crippen LogP) is 6.47. The van der Waals surface area contributed by atoms with Crippen LogP contribution in [0, 0.1) is 0 Å². The molecule has 0 saturated carbocycles. The summed E-state index contributed by atoms with van der Waals surface area (Å²) in [4.78, 5) is 4.84. The molecule has 2 nitrogen and oxygen atoms in total. The zero-order valence-electron chi connectivity index (χ0n) is 14.5. The Morgan fingerprint density at radius 1 is 0.846 bits per heavy atom. The first-order chi connectivity index (χ1) is 12.7. The lowest BCUT2D eigenvalue weighted by Gasteiger charge is -2.17. The zero-order valence-corrected chi connectivity index (χ0v) is 15.3. The normalized spacial score (nSPS) is 12.7. The molecule has 3 aromatic carbocycles. The second kappa shape index (κ2) is 7.19. The molecule has 4 aromatic rings. The Morgan fingerprint density at radius 3 is 2.31 bits per heavy atom. The van der Waals surface area contributed by atoms with Crippen molar-refractivity contribution in [3.8, 4) is 0 Å². The van der Waals surface area contributed by atoms with Gasteiger partial charge in [-0.1, -0.05) is 72.3 Å². The predicted molar refractivity (Wildman–Crippen MR) is 110 cm³/mol. The molecule has 0 amide bonds. The van der Waals surface area contributed by atoms with Gasteiger partial charge in [-0.2, -0.15) is 0 Å². The minimum atomic E-state index is 0.188. The molecule has 0 N–H and O–H groups in total. The van der Waals surface area contributed by atoms with Gasteiger partial charge in [0.1, 0.15) is 5.82 Å². The molecule has 3 heteroatoms. The standard InChI is InChI=1S/C23H19ClN2/c1-17(19-7-3-2-4-8-19)26-22-10-6-5-9-21(22)25-23(26)16-13-18-11-14-20(24)15-12-18/h2-17H,1H3/b16-13+/t17-/m1/s1. The van der Waals surface area contributed by atoms with Crippen LogP contribution in [-0.4, -0.2) is 9.55 Å². The number of aromatic nitrogens is 2. The lowest BCUT2D eigenvalue weighted by molar-refractivity contribution is 0.652. The topological polar surface area (TPSA) is 17.8 Å². The third kappa shape index (κ3) is 3.29. The number of para-hydroxylation sites is 2. The first-order valence-electron chi connectivity index (χ1n) is 8.68. The highest BCUT2D eigenvalue weighted by atomic mass is 35.5. The highest BCUT2D eigenvalue weighted by molar-refractivity contribution is 6.30. The van der Waals surface area contributed by atoms with Gasteiger partial charge in [0, 0.05) is 5.02 Å². The maximum atomic E-state index is 5.98. The lowest BCUT2D eigenvalue weighted by Crippen LogP contribution is -2.08. The summed E-state index contributed by atoms with van der Waals surface area (Å²) in [6.07, 6.45) is 4.15. The number of imidazole rings is 1. The molecule has 0 aliphatic heterocycles. The Balaban J connectivity index is 1.80. The molecule has 0 unspecified atom stereocenters.